The first-order chi connectivity index (χ1) is 30.6. The summed E-state index contributed by atoms with van der Waals surface area (Å²) in [4.78, 5) is 27.3. The largest absolute Gasteiger partial charge is 0.469 e. The highest BCUT2D eigenvalue weighted by atomic mass is 16.5. The Kier molecular flexibility index (Phi) is 18.9. The minimum Gasteiger partial charge on any atom is -0.469 e. The van der Waals surface area contributed by atoms with Crippen molar-refractivity contribution in [1.29, 1.82) is 0 Å². The Balaban J connectivity index is 1.10. The zero-order chi connectivity index (χ0) is 46.4. The topological polar surface area (TPSA) is 121 Å². The van der Waals surface area contributed by atoms with Gasteiger partial charge in [0.2, 0.25) is 0 Å². The van der Waals surface area contributed by atoms with Gasteiger partial charge in [-0.25, -0.2) is 0 Å². The van der Waals surface area contributed by atoms with E-state index in [0.717, 1.165) is 49.9 Å². The summed E-state index contributed by atoms with van der Waals surface area (Å²) in [7, 11) is 1.46. The van der Waals surface area contributed by atoms with E-state index in [-0.39, 0.29) is 65.7 Å². The van der Waals surface area contributed by atoms with Gasteiger partial charge in [-0.3, -0.25) is 9.59 Å². The third kappa shape index (κ3) is 11.9. The van der Waals surface area contributed by atoms with Crippen LogP contribution in [0.2, 0.25) is 0 Å². The summed E-state index contributed by atoms with van der Waals surface area (Å²) in [5, 5.41) is 28.8. The summed E-state index contributed by atoms with van der Waals surface area (Å²) in [5.74, 6) is 3.68. The van der Waals surface area contributed by atoms with Crippen molar-refractivity contribution in [3.8, 4) is 0 Å². The maximum atomic E-state index is 13.8. The molecule has 1 aliphatic carbocycles. The number of nitrogens with one attached hydrogen (secondary N) is 4. The van der Waals surface area contributed by atoms with Gasteiger partial charge >= 0.3 is 11.9 Å². The molecule has 6 aliphatic rings. The Hall–Kier alpha value is -1.78. The number of hydrogen-bond acceptors (Lipinski definition) is 9. The summed E-state index contributed by atoms with van der Waals surface area (Å²) in [6, 6.07) is 1.87. The molecule has 1 saturated carbocycles. The monoisotopic (exact) mass is 893 g/mol. The first-order valence-corrected chi connectivity index (χ1v) is 26.8. The Labute approximate surface area is 391 Å². The average Bonchev–Trinajstić information content (AvgIpc) is 3.99. The summed E-state index contributed by atoms with van der Waals surface area (Å²) in [6.45, 7) is 28.2. The minimum absolute atomic E-state index is 0.0260. The van der Waals surface area contributed by atoms with Gasteiger partial charge in [0.05, 0.1) is 19.1 Å². The number of fused-ring (bicyclic) bond motifs is 8. The Morgan fingerprint density at radius 1 is 0.703 bits per heavy atom. The lowest BCUT2D eigenvalue weighted by Crippen LogP contribution is -2.52. The second-order valence-corrected chi connectivity index (χ2v) is 23.4. The molecule has 9 nitrogen and oxygen atoms in total. The molecule has 5 heterocycles. The standard InChI is InChI=1S/C55H96N4O5/c1-13-39-35(8)42-28-44-37(10)41(24-25-48(60)64-27-26-34(7)23-17-22-33(6)21-16-20-32(5)19-15-18-31(3)4)52(58-44)50-51(55(62)63-12)54(61)49-38(11)45(59-53(49)50)30-47-40(14-2)36(9)43(57-47)29-46(39)56-42/h13,26,31-33,35-47,49-54,56-59,61H,1,14-25,27-30H2,2-12H3/t32-,33+,35?,36?,37?,38?,39?,40?,41-,42?,43?,44?,45?,46?,47?,49?,50?,51?,52?,53?,54?/m0/s1. The molecule has 64 heavy (non-hydrogen) atoms. The Morgan fingerprint density at radius 2 is 1.27 bits per heavy atom. The molecule has 5 N–H and O–H groups in total. The quantitative estimate of drug-likeness (QED) is 0.0602. The van der Waals surface area contributed by atoms with Crippen LogP contribution in [0.5, 0.6) is 0 Å². The van der Waals surface area contributed by atoms with Gasteiger partial charge in [0.25, 0.3) is 0 Å². The smallest absolute Gasteiger partial charge is 0.311 e. The molecular weight excluding hydrogens is 797 g/mol. The van der Waals surface area contributed by atoms with Gasteiger partial charge in [0, 0.05) is 66.6 Å². The summed E-state index contributed by atoms with van der Waals surface area (Å²) >= 11 is 0. The van der Waals surface area contributed by atoms with Crippen molar-refractivity contribution >= 4 is 11.9 Å². The molecule has 5 saturated heterocycles. The third-order valence-electron chi connectivity index (χ3n) is 18.9. The first-order valence-electron chi connectivity index (χ1n) is 26.8. The van der Waals surface area contributed by atoms with E-state index in [9.17, 15) is 14.7 Å². The maximum absolute atomic E-state index is 13.8. The second kappa shape index (κ2) is 23.5. The number of aliphatic hydroxyl groups is 1. The van der Waals surface area contributed by atoms with Crippen molar-refractivity contribution in [2.45, 2.75) is 220 Å². The van der Waals surface area contributed by atoms with Crippen LogP contribution >= 0.6 is 0 Å². The number of hydrogen-bond donors (Lipinski definition) is 5. The molecule has 21 atom stereocenters. The van der Waals surface area contributed by atoms with E-state index in [4.69, 9.17) is 9.47 Å². The maximum Gasteiger partial charge on any atom is 0.311 e. The fourth-order valence-electron chi connectivity index (χ4n) is 14.8. The van der Waals surface area contributed by atoms with E-state index in [1.54, 1.807) is 0 Å². The average molecular weight is 893 g/mol. The molecule has 5 aliphatic heterocycles. The van der Waals surface area contributed by atoms with E-state index in [1.165, 1.54) is 64.0 Å². The van der Waals surface area contributed by atoms with Crippen molar-refractivity contribution < 1.29 is 24.2 Å². The molecule has 0 aromatic rings. The van der Waals surface area contributed by atoms with Crippen molar-refractivity contribution in [1.82, 2.24) is 21.3 Å². The normalized spacial score (nSPS) is 41.6. The SMILES string of the molecule is C=CC1C2CC3NC(CC4NC5C(C4C)C(O)C(C(=O)OC)C5C4NC(CC(N2)C1C)C(C)[C@@H]4CCC(=O)OCC=C(C)CCC[C@H](C)CCC[C@@H](C)CCCC(C)C)C(CC)C3C. The third-order valence-corrected chi connectivity index (χ3v) is 18.9. The predicted octanol–water partition coefficient (Wildman–Crippen LogP) is 9.63. The van der Waals surface area contributed by atoms with Crippen LogP contribution in [-0.4, -0.2) is 85.2 Å². The van der Waals surface area contributed by atoms with Crippen LogP contribution in [0.4, 0.5) is 0 Å². The molecule has 6 rings (SSSR count). The molecule has 0 radical (unpaired) electrons. The fourth-order valence-corrected chi connectivity index (χ4v) is 14.8. The zero-order valence-corrected chi connectivity index (χ0v) is 42.5. The van der Waals surface area contributed by atoms with E-state index < -0.39 is 12.0 Å². The van der Waals surface area contributed by atoms with E-state index in [2.05, 4.69) is 109 Å². The zero-order valence-electron chi connectivity index (χ0n) is 42.5. The molecule has 0 aromatic heterocycles. The van der Waals surface area contributed by atoms with Gasteiger partial charge in [-0.15, -0.1) is 6.58 Å². The molecule has 9 heteroatoms. The van der Waals surface area contributed by atoms with Crippen molar-refractivity contribution in [3.05, 3.63) is 24.3 Å². The predicted molar refractivity (Wildman–Crippen MR) is 261 cm³/mol. The lowest BCUT2D eigenvalue weighted by atomic mass is 9.75. The second-order valence-electron chi connectivity index (χ2n) is 23.4. The molecule has 0 aromatic carbocycles. The number of esters is 2. The van der Waals surface area contributed by atoms with Gasteiger partial charge in [-0.05, 0) is 111 Å². The van der Waals surface area contributed by atoms with Crippen molar-refractivity contribution in [2.75, 3.05) is 13.7 Å². The number of carbonyl (C=O) groups is 2. The first kappa shape index (κ1) is 51.6. The Morgan fingerprint density at radius 3 is 1.92 bits per heavy atom. The van der Waals surface area contributed by atoms with Crippen LogP contribution in [0.15, 0.2) is 24.3 Å². The number of methoxy groups -OCH3 is 1. The van der Waals surface area contributed by atoms with Crippen LogP contribution in [-0.2, 0) is 19.1 Å². The minimum atomic E-state index is -0.789. The fraction of sp³-hybridized carbons (Fsp3) is 0.891. The number of aliphatic hydroxyl groups excluding tert-OH is 1. The highest BCUT2D eigenvalue weighted by molar-refractivity contribution is 5.74. The number of carbonyl (C=O) groups excluding carboxylic acids is 2. The van der Waals surface area contributed by atoms with E-state index in [1.807, 2.05) is 0 Å². The molecule has 8 bridgehead atoms. The number of rotatable bonds is 20. The van der Waals surface area contributed by atoms with Gasteiger partial charge in [-0.1, -0.05) is 125 Å². The Bertz CT molecular complexity index is 1540. The number of ether oxygens (including phenoxy) is 2. The van der Waals surface area contributed by atoms with Gasteiger partial charge < -0.3 is 35.8 Å². The van der Waals surface area contributed by atoms with E-state index in [0.29, 0.717) is 67.3 Å². The van der Waals surface area contributed by atoms with Crippen LogP contribution in [0, 0.1) is 76.9 Å². The van der Waals surface area contributed by atoms with Crippen LogP contribution in [0.1, 0.15) is 166 Å². The van der Waals surface area contributed by atoms with Crippen LogP contribution < -0.4 is 21.3 Å². The molecule has 18 unspecified atom stereocenters. The number of allylic oxidation sites excluding steroid dienone is 1. The lowest BCUT2D eigenvalue weighted by molar-refractivity contribution is -0.152. The summed E-state index contributed by atoms with van der Waals surface area (Å²) in [5.41, 5.74) is 1.30. The highest BCUT2D eigenvalue weighted by Gasteiger charge is 2.64. The van der Waals surface area contributed by atoms with Crippen molar-refractivity contribution in [3.63, 3.8) is 0 Å². The highest BCUT2D eigenvalue weighted by Crippen LogP contribution is 2.53. The summed E-state index contributed by atoms with van der Waals surface area (Å²) < 4.78 is 11.4. The molecule has 366 valence electrons. The molecule has 6 fully saturated rings. The van der Waals surface area contributed by atoms with Gasteiger partial charge in [0.1, 0.15) is 6.61 Å². The molecular formula is C55H96N4O5. The van der Waals surface area contributed by atoms with Gasteiger partial charge in [0.15, 0.2) is 0 Å². The molecule has 0 spiro atoms. The summed E-state index contributed by atoms with van der Waals surface area (Å²) in [6.07, 6.45) is 20.3. The van der Waals surface area contributed by atoms with E-state index >= 15 is 0 Å². The molecule has 0 amide bonds. The van der Waals surface area contributed by atoms with Crippen LogP contribution in [0.25, 0.3) is 0 Å². The van der Waals surface area contributed by atoms with Crippen LogP contribution in [0.3, 0.4) is 0 Å². The lowest BCUT2D eigenvalue weighted by Gasteiger charge is -2.35. The van der Waals surface area contributed by atoms with Gasteiger partial charge in [-0.2, -0.15) is 0 Å². The van der Waals surface area contributed by atoms with Crippen molar-refractivity contribution in [2.24, 2.45) is 76.9 Å².